The topological polar surface area (TPSA) is 102 Å². The van der Waals surface area contributed by atoms with Gasteiger partial charge >= 0.3 is 5.97 Å². The Morgan fingerprint density at radius 3 is 2.23 bits per heavy atom. The second kappa shape index (κ2) is 11.9. The molecule has 3 heterocycles. The monoisotopic (exact) mass is 529 g/mol. The number of ether oxygens (including phenoxy) is 2. The Morgan fingerprint density at radius 2 is 1.62 bits per heavy atom. The summed E-state index contributed by atoms with van der Waals surface area (Å²) in [5.41, 5.74) is 1.63. The molecule has 4 aromatic rings. The molecule has 0 radical (unpaired) electrons. The summed E-state index contributed by atoms with van der Waals surface area (Å²) in [5, 5.41) is 22.1. The summed E-state index contributed by atoms with van der Waals surface area (Å²) in [6, 6.07) is 24.3. The van der Waals surface area contributed by atoms with Crippen LogP contribution in [0.4, 0.5) is 0 Å². The second-order valence-corrected chi connectivity index (χ2v) is 10.5. The lowest BCUT2D eigenvalue weighted by Gasteiger charge is -2.34. The van der Waals surface area contributed by atoms with Gasteiger partial charge in [-0.25, -0.2) is 0 Å². The van der Waals surface area contributed by atoms with Crippen molar-refractivity contribution in [2.75, 3.05) is 26.2 Å². The average molecular weight is 530 g/mol. The van der Waals surface area contributed by atoms with Crippen LogP contribution in [0.25, 0.3) is 5.65 Å². The predicted octanol–water partition coefficient (Wildman–Crippen LogP) is 4.53. The second-order valence-electron chi connectivity index (χ2n) is 10.5. The molecule has 0 saturated carbocycles. The van der Waals surface area contributed by atoms with Crippen molar-refractivity contribution in [2.24, 2.45) is 0 Å². The molecule has 1 saturated heterocycles. The third-order valence-electron chi connectivity index (χ3n) is 7.27. The Labute approximate surface area is 228 Å². The number of hydrogen-bond acceptors (Lipinski definition) is 7. The summed E-state index contributed by atoms with van der Waals surface area (Å²) in [6.07, 6.45) is 2.99. The molecular weight excluding hydrogens is 494 g/mol. The molecule has 9 heteroatoms. The van der Waals surface area contributed by atoms with Crippen LogP contribution < -0.4 is 4.74 Å². The molecule has 1 aliphatic heterocycles. The first-order valence-electron chi connectivity index (χ1n) is 13.5. The zero-order valence-electron chi connectivity index (χ0n) is 22.4. The number of nitrogens with zero attached hydrogens (tertiary/aromatic N) is 5. The van der Waals surface area contributed by atoms with Crippen molar-refractivity contribution in [3.05, 3.63) is 89.7 Å². The van der Waals surface area contributed by atoms with Gasteiger partial charge in [0.25, 0.3) is 0 Å². The molecule has 1 N–H and O–H groups in total. The standard InChI is InChI=1S/C30H35N5O4/c1-30(2,29(36)37)28-32-31-25-14-15-26(33-35(25)28)38-21-9-18-34-19-16-24(17-20-34)39-27(22-10-5-3-6-11-22)23-12-7-4-8-13-23/h3-8,10-15,24,27H,9,16-21H2,1-2H3,(H,36,37). The highest BCUT2D eigenvalue weighted by Gasteiger charge is 2.35. The highest BCUT2D eigenvalue weighted by Crippen LogP contribution is 2.30. The largest absolute Gasteiger partial charge is 0.481 e. The molecule has 0 unspecified atom stereocenters. The third-order valence-corrected chi connectivity index (χ3v) is 7.27. The van der Waals surface area contributed by atoms with Crippen LogP contribution in [0.2, 0.25) is 0 Å². The minimum Gasteiger partial charge on any atom is -0.481 e. The van der Waals surface area contributed by atoms with Crippen LogP contribution in [0.15, 0.2) is 72.8 Å². The molecule has 0 aliphatic carbocycles. The molecule has 1 aliphatic rings. The maximum absolute atomic E-state index is 11.7. The molecule has 0 spiro atoms. The first-order chi connectivity index (χ1) is 18.9. The average Bonchev–Trinajstić information content (AvgIpc) is 3.40. The van der Waals surface area contributed by atoms with Crippen molar-refractivity contribution in [3.63, 3.8) is 0 Å². The number of aliphatic carboxylic acids is 1. The van der Waals surface area contributed by atoms with Crippen molar-refractivity contribution in [1.82, 2.24) is 24.7 Å². The van der Waals surface area contributed by atoms with E-state index in [-0.39, 0.29) is 18.0 Å². The number of benzene rings is 2. The van der Waals surface area contributed by atoms with Gasteiger partial charge in [-0.1, -0.05) is 60.7 Å². The van der Waals surface area contributed by atoms with Gasteiger partial charge in [0.2, 0.25) is 5.88 Å². The zero-order chi connectivity index (χ0) is 27.2. The summed E-state index contributed by atoms with van der Waals surface area (Å²) < 4.78 is 14.0. The van der Waals surface area contributed by atoms with E-state index in [0.29, 0.717) is 18.1 Å². The number of aromatic nitrogens is 4. The van der Waals surface area contributed by atoms with Crippen molar-refractivity contribution in [1.29, 1.82) is 0 Å². The highest BCUT2D eigenvalue weighted by atomic mass is 16.5. The summed E-state index contributed by atoms with van der Waals surface area (Å²) in [5.74, 6) is -0.304. The molecule has 0 amide bonds. The quantitative estimate of drug-likeness (QED) is 0.283. The predicted molar refractivity (Wildman–Crippen MR) is 147 cm³/mol. The maximum Gasteiger partial charge on any atom is 0.316 e. The number of carboxylic acids is 1. The number of carboxylic acid groups (broad SMARTS) is 1. The van der Waals surface area contributed by atoms with Crippen molar-refractivity contribution < 1.29 is 19.4 Å². The highest BCUT2D eigenvalue weighted by molar-refractivity contribution is 5.79. The first-order valence-corrected chi connectivity index (χ1v) is 13.5. The van der Waals surface area contributed by atoms with Crippen LogP contribution >= 0.6 is 0 Å². The van der Waals surface area contributed by atoms with Gasteiger partial charge in [-0.2, -0.15) is 4.52 Å². The first kappa shape index (κ1) is 26.8. The van der Waals surface area contributed by atoms with Gasteiger partial charge < -0.3 is 19.5 Å². The minimum absolute atomic E-state index is 0.0607. The van der Waals surface area contributed by atoms with Crippen LogP contribution in [0.3, 0.4) is 0 Å². The lowest BCUT2D eigenvalue weighted by atomic mass is 9.93. The Hall–Kier alpha value is -3.82. The van der Waals surface area contributed by atoms with E-state index in [4.69, 9.17) is 9.47 Å². The van der Waals surface area contributed by atoms with Crippen LogP contribution in [0.1, 0.15) is 56.2 Å². The van der Waals surface area contributed by atoms with Crippen molar-refractivity contribution in [2.45, 2.75) is 50.7 Å². The number of hydrogen-bond donors (Lipinski definition) is 1. The number of likely N-dealkylation sites (tertiary alicyclic amines) is 1. The smallest absolute Gasteiger partial charge is 0.316 e. The summed E-state index contributed by atoms with van der Waals surface area (Å²) in [4.78, 5) is 14.1. The Morgan fingerprint density at radius 1 is 0.974 bits per heavy atom. The fraction of sp³-hybridized carbons (Fsp3) is 0.400. The van der Waals surface area contributed by atoms with Crippen LogP contribution in [0, 0.1) is 0 Å². The molecule has 1 fully saturated rings. The molecule has 39 heavy (non-hydrogen) atoms. The summed E-state index contributed by atoms with van der Waals surface area (Å²) in [6.45, 7) is 6.58. The van der Waals surface area contributed by atoms with Gasteiger partial charge in [-0.05, 0) is 50.3 Å². The zero-order valence-corrected chi connectivity index (χ0v) is 22.4. The molecule has 0 bridgehead atoms. The van der Waals surface area contributed by atoms with E-state index in [1.807, 2.05) is 12.1 Å². The molecule has 5 rings (SSSR count). The van der Waals surface area contributed by atoms with Gasteiger partial charge in [-0.15, -0.1) is 15.3 Å². The van der Waals surface area contributed by atoms with E-state index in [0.717, 1.165) is 38.9 Å². The SMILES string of the molecule is CC(C)(C(=O)O)c1nnc2ccc(OCCCN3CCC(OC(c4ccccc4)c4ccccc4)CC3)nn12. The lowest BCUT2D eigenvalue weighted by molar-refractivity contribution is -0.142. The molecule has 0 atom stereocenters. The Kier molecular flexibility index (Phi) is 8.18. The van der Waals surface area contributed by atoms with Crippen LogP contribution in [-0.4, -0.2) is 68.1 Å². The number of carbonyl (C=O) groups is 1. The third kappa shape index (κ3) is 6.26. The van der Waals surface area contributed by atoms with Gasteiger partial charge in [-0.3, -0.25) is 4.79 Å². The maximum atomic E-state index is 11.7. The van der Waals surface area contributed by atoms with E-state index < -0.39 is 11.4 Å². The van der Waals surface area contributed by atoms with Gasteiger partial charge in [0.1, 0.15) is 11.5 Å². The number of fused-ring (bicyclic) bond motifs is 1. The van der Waals surface area contributed by atoms with E-state index in [1.165, 1.54) is 15.6 Å². The van der Waals surface area contributed by atoms with Crippen LogP contribution in [-0.2, 0) is 14.9 Å². The van der Waals surface area contributed by atoms with E-state index in [9.17, 15) is 9.90 Å². The fourth-order valence-corrected chi connectivity index (χ4v) is 4.87. The molecule has 2 aromatic heterocycles. The van der Waals surface area contributed by atoms with E-state index in [2.05, 4.69) is 68.7 Å². The normalized spacial score (nSPS) is 15.2. The summed E-state index contributed by atoms with van der Waals surface area (Å²) in [7, 11) is 0. The van der Waals surface area contributed by atoms with Gasteiger partial charge in [0.15, 0.2) is 11.5 Å². The Bertz CT molecular complexity index is 1330. The number of piperidine rings is 1. The number of rotatable bonds is 11. The van der Waals surface area contributed by atoms with Crippen LogP contribution in [0.5, 0.6) is 5.88 Å². The van der Waals surface area contributed by atoms with Crippen molar-refractivity contribution >= 4 is 11.6 Å². The molecule has 204 valence electrons. The van der Waals surface area contributed by atoms with E-state index in [1.54, 1.807) is 26.0 Å². The fourth-order valence-electron chi connectivity index (χ4n) is 4.87. The van der Waals surface area contributed by atoms with Gasteiger partial charge in [0.05, 0.1) is 12.7 Å². The molecule has 2 aromatic carbocycles. The van der Waals surface area contributed by atoms with E-state index >= 15 is 0 Å². The lowest BCUT2D eigenvalue weighted by Crippen LogP contribution is -2.38. The molecular formula is C30H35N5O4. The molecule has 9 nitrogen and oxygen atoms in total. The minimum atomic E-state index is -1.22. The summed E-state index contributed by atoms with van der Waals surface area (Å²) >= 11 is 0. The van der Waals surface area contributed by atoms with Gasteiger partial charge in [0, 0.05) is 25.7 Å². The van der Waals surface area contributed by atoms with Crippen molar-refractivity contribution in [3.8, 4) is 5.88 Å². The Balaban J connectivity index is 1.10.